The molecule has 0 spiro atoms. The zero-order valence-electron chi connectivity index (χ0n) is 11.0. The van der Waals surface area contributed by atoms with Gasteiger partial charge in [0, 0.05) is 0 Å². The van der Waals surface area contributed by atoms with Crippen LogP contribution in [0.3, 0.4) is 0 Å². The molecular formula is C14H12O6S. The summed E-state index contributed by atoms with van der Waals surface area (Å²) < 4.78 is 20.7. The normalized spacial score (nSPS) is 16.6. The molecule has 0 saturated heterocycles. The highest BCUT2D eigenvalue weighted by Gasteiger charge is 2.16. The Labute approximate surface area is 124 Å². The molecule has 21 heavy (non-hydrogen) atoms. The zero-order valence-corrected chi connectivity index (χ0v) is 11.8. The molecule has 1 aliphatic heterocycles. The molecule has 2 aromatic heterocycles. The van der Waals surface area contributed by atoms with E-state index in [9.17, 15) is 9.59 Å². The van der Waals surface area contributed by atoms with Crippen molar-refractivity contribution >= 4 is 23.7 Å². The zero-order chi connectivity index (χ0) is 14.7. The minimum atomic E-state index is -0.572. The van der Waals surface area contributed by atoms with Crippen molar-refractivity contribution in [2.75, 3.05) is 13.2 Å². The van der Waals surface area contributed by atoms with Crippen LogP contribution in [0.2, 0.25) is 0 Å². The molecule has 0 aliphatic carbocycles. The molecule has 1 aliphatic rings. The Kier molecular flexibility index (Phi) is 4.01. The fraction of sp³-hybridized carbons (Fsp3) is 0.286. The van der Waals surface area contributed by atoms with Gasteiger partial charge in [0.05, 0.1) is 11.5 Å². The van der Waals surface area contributed by atoms with Crippen LogP contribution in [0, 0.1) is 0 Å². The number of ether oxygens (including phenoxy) is 2. The number of hydrogen-bond donors (Lipinski definition) is 0. The maximum atomic E-state index is 11.7. The van der Waals surface area contributed by atoms with Gasteiger partial charge in [0.1, 0.15) is 24.7 Å². The molecule has 3 heterocycles. The first-order valence-electron chi connectivity index (χ1n) is 6.32. The molecule has 3 rings (SSSR count). The molecule has 110 valence electrons. The second-order valence-electron chi connectivity index (χ2n) is 4.30. The van der Waals surface area contributed by atoms with Crippen LogP contribution in [0.1, 0.15) is 32.6 Å². The Bertz CT molecular complexity index is 600. The highest BCUT2D eigenvalue weighted by molar-refractivity contribution is 7.97. The fourth-order valence-electron chi connectivity index (χ4n) is 1.79. The third kappa shape index (κ3) is 3.30. The van der Waals surface area contributed by atoms with Crippen molar-refractivity contribution in [2.24, 2.45) is 0 Å². The van der Waals surface area contributed by atoms with Crippen molar-refractivity contribution in [2.45, 2.75) is 11.5 Å². The van der Waals surface area contributed by atoms with Crippen LogP contribution in [0.5, 0.6) is 0 Å². The Hall–Kier alpha value is -2.15. The number of rotatable bonds is 0. The van der Waals surface area contributed by atoms with E-state index in [2.05, 4.69) is 0 Å². The van der Waals surface area contributed by atoms with E-state index in [0.717, 1.165) is 0 Å². The second kappa shape index (κ2) is 6.09. The van der Waals surface area contributed by atoms with E-state index in [4.69, 9.17) is 18.3 Å². The Morgan fingerprint density at radius 1 is 0.762 bits per heavy atom. The van der Waals surface area contributed by atoms with Crippen molar-refractivity contribution in [1.82, 2.24) is 0 Å². The van der Waals surface area contributed by atoms with Crippen LogP contribution in [-0.2, 0) is 21.0 Å². The molecule has 0 fully saturated rings. The molecular weight excluding hydrogens is 296 g/mol. The van der Waals surface area contributed by atoms with E-state index in [1.54, 1.807) is 36.0 Å². The van der Waals surface area contributed by atoms with Gasteiger partial charge in [-0.25, -0.2) is 9.59 Å². The number of fused-ring (bicyclic) bond motifs is 4. The molecule has 4 bridgehead atoms. The average molecular weight is 308 g/mol. The highest BCUT2D eigenvalue weighted by atomic mass is 32.2. The van der Waals surface area contributed by atoms with Gasteiger partial charge in [-0.1, -0.05) is 0 Å². The van der Waals surface area contributed by atoms with Crippen LogP contribution >= 0.6 is 11.8 Å². The van der Waals surface area contributed by atoms with Gasteiger partial charge in [0.25, 0.3) is 0 Å². The van der Waals surface area contributed by atoms with Gasteiger partial charge in [0.2, 0.25) is 11.5 Å². The molecule has 6 nitrogen and oxygen atoms in total. The summed E-state index contributed by atoms with van der Waals surface area (Å²) in [6.45, 7) is -0.0775. The lowest BCUT2D eigenvalue weighted by Crippen LogP contribution is -2.13. The second-order valence-corrected chi connectivity index (χ2v) is 5.28. The number of carbonyl (C=O) groups is 2. The van der Waals surface area contributed by atoms with E-state index < -0.39 is 11.9 Å². The molecule has 0 aromatic carbocycles. The monoisotopic (exact) mass is 308 g/mol. The Morgan fingerprint density at radius 3 is 1.71 bits per heavy atom. The summed E-state index contributed by atoms with van der Waals surface area (Å²) in [5, 5.41) is 0. The van der Waals surface area contributed by atoms with Crippen LogP contribution in [-0.4, -0.2) is 25.2 Å². The quantitative estimate of drug-likeness (QED) is 0.692. The predicted molar refractivity (Wildman–Crippen MR) is 73.0 cm³/mol. The molecule has 0 N–H and O–H groups in total. The molecule has 0 saturated carbocycles. The van der Waals surface area contributed by atoms with Crippen molar-refractivity contribution in [3.63, 3.8) is 0 Å². The van der Waals surface area contributed by atoms with E-state index >= 15 is 0 Å². The number of furan rings is 2. The van der Waals surface area contributed by atoms with Crippen molar-refractivity contribution in [1.29, 1.82) is 0 Å². The predicted octanol–water partition coefficient (Wildman–Crippen LogP) is 2.63. The minimum Gasteiger partial charge on any atom is -0.456 e. The van der Waals surface area contributed by atoms with Crippen LogP contribution in [0.25, 0.3) is 0 Å². The number of carbonyl (C=O) groups excluding carboxylic acids is 2. The van der Waals surface area contributed by atoms with E-state index in [0.29, 0.717) is 23.0 Å². The van der Waals surface area contributed by atoms with Gasteiger partial charge in [0.15, 0.2) is 0 Å². The first-order chi connectivity index (χ1) is 10.2. The number of thioether (sulfide) groups is 1. The third-order valence-electron chi connectivity index (χ3n) is 2.76. The van der Waals surface area contributed by atoms with E-state index in [-0.39, 0.29) is 24.7 Å². The Morgan fingerprint density at radius 2 is 1.24 bits per heavy atom. The van der Waals surface area contributed by atoms with Crippen molar-refractivity contribution in [3.05, 3.63) is 47.3 Å². The minimum absolute atomic E-state index is 0.0388. The van der Waals surface area contributed by atoms with Gasteiger partial charge in [-0.3, -0.25) is 0 Å². The lowest BCUT2D eigenvalue weighted by molar-refractivity contribution is 0.0228. The molecule has 0 atom stereocenters. The summed E-state index contributed by atoms with van der Waals surface area (Å²) in [5.74, 6) is 1.69. The van der Waals surface area contributed by atoms with Crippen LogP contribution in [0.4, 0.5) is 0 Å². The van der Waals surface area contributed by atoms with E-state index in [1.807, 2.05) is 0 Å². The summed E-state index contributed by atoms with van der Waals surface area (Å²) in [4.78, 5) is 23.4. The fourth-order valence-corrected chi connectivity index (χ4v) is 2.61. The molecule has 0 unspecified atom stereocenters. The van der Waals surface area contributed by atoms with Crippen LogP contribution in [0.15, 0.2) is 33.1 Å². The molecule has 0 amide bonds. The highest BCUT2D eigenvalue weighted by Crippen LogP contribution is 2.21. The van der Waals surface area contributed by atoms with Crippen LogP contribution < -0.4 is 0 Å². The average Bonchev–Trinajstić information content (AvgIpc) is 3.11. The third-order valence-corrected chi connectivity index (χ3v) is 3.74. The van der Waals surface area contributed by atoms with Gasteiger partial charge in [-0.15, -0.1) is 11.8 Å². The first-order valence-corrected chi connectivity index (χ1v) is 7.47. The number of esters is 2. The summed E-state index contributed by atoms with van der Waals surface area (Å²) >= 11 is 1.55. The topological polar surface area (TPSA) is 78.9 Å². The number of cyclic esters (lactones) is 2. The maximum absolute atomic E-state index is 11.7. The van der Waals surface area contributed by atoms with Gasteiger partial charge in [-0.05, 0) is 24.3 Å². The molecule has 7 heteroatoms. The van der Waals surface area contributed by atoms with Gasteiger partial charge in [-0.2, -0.15) is 0 Å². The van der Waals surface area contributed by atoms with Crippen molar-refractivity contribution < 1.29 is 27.9 Å². The summed E-state index contributed by atoms with van der Waals surface area (Å²) in [6.07, 6.45) is 0. The smallest absolute Gasteiger partial charge is 0.374 e. The standard InChI is InChI=1S/C14H12O6S/c15-13-11-3-1-9(19-11)7-21-8-10-2-4-12(20-10)14(16)18-6-5-17-13/h1-4H,5-8H2. The van der Waals surface area contributed by atoms with Crippen molar-refractivity contribution in [3.8, 4) is 0 Å². The van der Waals surface area contributed by atoms with Gasteiger partial charge >= 0.3 is 11.9 Å². The van der Waals surface area contributed by atoms with Gasteiger partial charge < -0.3 is 18.3 Å². The summed E-state index contributed by atoms with van der Waals surface area (Å²) in [6, 6.07) is 6.62. The molecule has 2 aromatic rings. The number of hydrogen-bond acceptors (Lipinski definition) is 7. The first kappa shape index (κ1) is 13.8. The Balaban J connectivity index is 1.76. The lowest BCUT2D eigenvalue weighted by atomic mass is 10.4. The maximum Gasteiger partial charge on any atom is 0.374 e. The summed E-state index contributed by atoms with van der Waals surface area (Å²) in [5.41, 5.74) is 0. The molecule has 0 radical (unpaired) electrons. The largest absolute Gasteiger partial charge is 0.456 e. The SMILES string of the molecule is O=C1OCCOC(=O)c2ccc(o2)CSCc2ccc1o2. The summed E-state index contributed by atoms with van der Waals surface area (Å²) in [7, 11) is 0. The van der Waals surface area contributed by atoms with E-state index in [1.165, 1.54) is 0 Å². The lowest BCUT2D eigenvalue weighted by Gasteiger charge is -2.03.